The summed E-state index contributed by atoms with van der Waals surface area (Å²) in [7, 11) is 0. The third-order valence-electron chi connectivity index (χ3n) is 5.93. The fourth-order valence-electron chi connectivity index (χ4n) is 3.99. The number of benzene rings is 3. The highest BCUT2D eigenvalue weighted by atomic mass is 19.4. The summed E-state index contributed by atoms with van der Waals surface area (Å²) in [6.45, 7) is 13.1. The second-order valence-electron chi connectivity index (χ2n) is 8.66. The number of rotatable bonds is 5. The minimum Gasteiger partial charge on any atom is -0.457 e. The third kappa shape index (κ3) is 5.18. The van der Waals surface area contributed by atoms with Crippen LogP contribution in [0.5, 0.6) is 11.5 Å². The van der Waals surface area contributed by atoms with Gasteiger partial charge in [0.1, 0.15) is 11.5 Å². The van der Waals surface area contributed by atoms with E-state index in [1.54, 1.807) is 24.3 Å². The lowest BCUT2D eigenvalue weighted by Crippen LogP contribution is -2.25. The first-order valence-corrected chi connectivity index (χ1v) is 11.2. The Hall–Kier alpha value is -4.31. The Morgan fingerprint density at radius 1 is 0.861 bits per heavy atom. The number of hydrogen-bond donors (Lipinski definition) is 0. The molecule has 1 heterocycles. The molecule has 0 saturated carbocycles. The lowest BCUT2D eigenvalue weighted by molar-refractivity contribution is -0.136. The van der Waals surface area contributed by atoms with Crippen LogP contribution in [0, 0.1) is 27.3 Å². The molecule has 0 atom stereocenters. The number of alkyl halides is 3. The molecule has 0 N–H and O–H groups in total. The minimum absolute atomic E-state index is 0.0303. The molecule has 0 fully saturated rings. The van der Waals surface area contributed by atoms with Crippen LogP contribution >= 0.6 is 0 Å². The van der Waals surface area contributed by atoms with Gasteiger partial charge >= 0.3 is 6.18 Å². The number of hydrogen-bond acceptors (Lipinski definition) is 2. The van der Waals surface area contributed by atoms with Gasteiger partial charge in [-0.2, -0.15) is 13.2 Å². The SMILES string of the molecule is [C-]#[N+]c1c(C(F)(F)F)cc(-c2ccc(Oc3ccc(C)cc3)cc2)n(Cc2ccc(C)cc2C)c1=O. The van der Waals surface area contributed by atoms with E-state index in [0.717, 1.165) is 28.3 Å². The molecule has 0 amide bonds. The molecule has 4 aromatic rings. The van der Waals surface area contributed by atoms with E-state index in [4.69, 9.17) is 11.3 Å². The maximum atomic E-state index is 13.8. The van der Waals surface area contributed by atoms with Crippen molar-refractivity contribution in [1.82, 2.24) is 4.57 Å². The predicted octanol–water partition coefficient (Wildman–Crippen LogP) is 7.85. The van der Waals surface area contributed by atoms with Crippen LogP contribution in [0.4, 0.5) is 18.9 Å². The normalized spacial score (nSPS) is 11.2. The van der Waals surface area contributed by atoms with Crippen molar-refractivity contribution >= 4 is 5.69 Å². The molecule has 4 rings (SSSR count). The molecule has 0 spiro atoms. The Morgan fingerprint density at radius 3 is 2.00 bits per heavy atom. The smallest absolute Gasteiger partial charge is 0.407 e. The Balaban J connectivity index is 1.82. The van der Waals surface area contributed by atoms with Gasteiger partial charge in [-0.3, -0.25) is 4.79 Å². The first-order chi connectivity index (χ1) is 17.1. The summed E-state index contributed by atoms with van der Waals surface area (Å²) < 4.78 is 48.5. The van der Waals surface area contributed by atoms with Crippen molar-refractivity contribution in [2.24, 2.45) is 0 Å². The third-order valence-corrected chi connectivity index (χ3v) is 5.93. The van der Waals surface area contributed by atoms with E-state index in [2.05, 4.69) is 4.85 Å². The minimum atomic E-state index is -4.85. The molecule has 0 aliphatic heterocycles. The van der Waals surface area contributed by atoms with Crippen LogP contribution in [0.25, 0.3) is 16.1 Å². The van der Waals surface area contributed by atoms with Crippen LogP contribution in [0.1, 0.15) is 27.8 Å². The van der Waals surface area contributed by atoms with Crippen molar-refractivity contribution in [2.45, 2.75) is 33.5 Å². The molecule has 0 aliphatic rings. The van der Waals surface area contributed by atoms with Gasteiger partial charge in [-0.1, -0.05) is 41.5 Å². The number of nitrogens with zero attached hydrogens (tertiary/aromatic N) is 2. The first kappa shape index (κ1) is 24.8. The van der Waals surface area contributed by atoms with Gasteiger partial charge in [0, 0.05) is 5.69 Å². The van der Waals surface area contributed by atoms with Crippen LogP contribution in [0.3, 0.4) is 0 Å². The molecule has 36 heavy (non-hydrogen) atoms. The van der Waals surface area contributed by atoms with Crippen LogP contribution in [-0.4, -0.2) is 4.57 Å². The van der Waals surface area contributed by atoms with Crippen molar-refractivity contribution < 1.29 is 17.9 Å². The zero-order valence-electron chi connectivity index (χ0n) is 20.0. The van der Waals surface area contributed by atoms with E-state index >= 15 is 0 Å². The number of aromatic nitrogens is 1. The van der Waals surface area contributed by atoms with E-state index in [0.29, 0.717) is 17.1 Å². The van der Waals surface area contributed by atoms with Crippen molar-refractivity contribution in [3.63, 3.8) is 0 Å². The summed E-state index contributed by atoms with van der Waals surface area (Å²) in [6, 6.07) is 20.5. The zero-order chi connectivity index (χ0) is 26.0. The van der Waals surface area contributed by atoms with Gasteiger partial charge in [0.2, 0.25) is 0 Å². The summed E-state index contributed by atoms with van der Waals surface area (Å²) in [5.41, 5.74) is 1.11. The molecule has 0 radical (unpaired) electrons. The van der Waals surface area contributed by atoms with Crippen LogP contribution in [0.15, 0.2) is 77.6 Å². The fourth-order valence-corrected chi connectivity index (χ4v) is 3.99. The summed E-state index contributed by atoms with van der Waals surface area (Å²) >= 11 is 0. The highest BCUT2D eigenvalue weighted by Gasteiger charge is 2.36. The van der Waals surface area contributed by atoms with Gasteiger partial charge in [-0.05, 0) is 79.9 Å². The second-order valence-corrected chi connectivity index (χ2v) is 8.66. The Bertz CT molecular complexity index is 1510. The fraction of sp³-hybridized carbons (Fsp3) is 0.172. The molecule has 4 nitrogen and oxygen atoms in total. The monoisotopic (exact) mass is 488 g/mol. The van der Waals surface area contributed by atoms with Gasteiger partial charge in [-0.25, -0.2) is 4.85 Å². The Morgan fingerprint density at radius 2 is 1.44 bits per heavy atom. The molecule has 0 unspecified atom stereocenters. The van der Waals surface area contributed by atoms with Gasteiger partial charge in [0.25, 0.3) is 11.2 Å². The van der Waals surface area contributed by atoms with Crippen LogP contribution in [-0.2, 0) is 12.7 Å². The van der Waals surface area contributed by atoms with Gasteiger partial charge < -0.3 is 9.30 Å². The maximum absolute atomic E-state index is 13.8. The highest BCUT2D eigenvalue weighted by Crippen LogP contribution is 2.37. The molecule has 0 saturated heterocycles. The van der Waals surface area contributed by atoms with Gasteiger partial charge in [0.15, 0.2) is 0 Å². The van der Waals surface area contributed by atoms with Crippen molar-refractivity contribution in [2.75, 3.05) is 0 Å². The average molecular weight is 489 g/mol. The molecule has 0 bridgehead atoms. The molecular formula is C29H23F3N2O2. The lowest BCUT2D eigenvalue weighted by Gasteiger charge is -2.19. The lowest BCUT2D eigenvalue weighted by atomic mass is 10.0. The molecule has 3 aromatic carbocycles. The average Bonchev–Trinajstić information content (AvgIpc) is 2.83. The first-order valence-electron chi connectivity index (χ1n) is 11.2. The largest absolute Gasteiger partial charge is 0.457 e. The summed E-state index contributed by atoms with van der Waals surface area (Å²) in [5.74, 6) is 1.13. The van der Waals surface area contributed by atoms with E-state index in [1.165, 1.54) is 4.57 Å². The van der Waals surface area contributed by atoms with E-state index in [-0.39, 0.29) is 12.2 Å². The molecular weight excluding hydrogens is 465 g/mol. The summed E-state index contributed by atoms with van der Waals surface area (Å²) in [5, 5.41) is 0. The predicted molar refractivity (Wildman–Crippen MR) is 134 cm³/mol. The summed E-state index contributed by atoms with van der Waals surface area (Å²) in [4.78, 5) is 16.2. The Labute approximate surface area is 207 Å². The van der Waals surface area contributed by atoms with Crippen LogP contribution < -0.4 is 10.3 Å². The second kappa shape index (κ2) is 9.74. The highest BCUT2D eigenvalue weighted by molar-refractivity contribution is 5.67. The molecule has 0 aliphatic carbocycles. The van der Waals surface area contributed by atoms with Crippen molar-refractivity contribution in [3.05, 3.63) is 122 Å². The number of ether oxygens (including phenoxy) is 1. The standard InChI is InChI=1S/C29H23F3N2O2/c1-18-6-11-23(12-7-18)36-24-13-9-21(10-14-24)26-16-25(29(30,31)32)27(33-4)28(35)34(26)17-22-8-5-19(2)15-20(22)3/h5-16H,17H2,1-3H3. The molecule has 1 aromatic heterocycles. The molecule has 182 valence electrons. The quantitative estimate of drug-likeness (QED) is 0.268. The van der Waals surface area contributed by atoms with Crippen molar-refractivity contribution in [3.8, 4) is 22.8 Å². The number of halogens is 3. The van der Waals surface area contributed by atoms with Crippen molar-refractivity contribution in [1.29, 1.82) is 0 Å². The van der Waals surface area contributed by atoms with E-state index in [9.17, 15) is 18.0 Å². The van der Waals surface area contributed by atoms with E-state index < -0.39 is 23.0 Å². The van der Waals surface area contributed by atoms with Gasteiger partial charge in [0.05, 0.1) is 18.7 Å². The molecule has 7 heteroatoms. The van der Waals surface area contributed by atoms with Gasteiger partial charge in [-0.15, -0.1) is 0 Å². The summed E-state index contributed by atoms with van der Waals surface area (Å²) in [6.07, 6.45) is -4.85. The Kier molecular flexibility index (Phi) is 6.71. The van der Waals surface area contributed by atoms with Crippen LogP contribution in [0.2, 0.25) is 0 Å². The maximum Gasteiger partial charge on any atom is 0.407 e. The van der Waals surface area contributed by atoms with E-state index in [1.807, 2.05) is 63.2 Å². The topological polar surface area (TPSA) is 35.6 Å². The number of aryl methyl sites for hydroxylation is 3. The number of pyridine rings is 1. The zero-order valence-corrected chi connectivity index (χ0v) is 20.0.